The van der Waals surface area contributed by atoms with Crippen molar-refractivity contribution in [3.8, 4) is 23.0 Å². The maximum Gasteiger partial charge on any atom is 0.255 e. The lowest BCUT2D eigenvalue weighted by molar-refractivity contribution is 0.0939. The van der Waals surface area contributed by atoms with Crippen LogP contribution in [0.4, 0.5) is 0 Å². The highest BCUT2D eigenvalue weighted by Crippen LogP contribution is 2.28. The molecule has 0 saturated heterocycles. The van der Waals surface area contributed by atoms with Crippen LogP contribution in [0, 0.1) is 0 Å². The zero-order valence-corrected chi connectivity index (χ0v) is 15.3. The van der Waals surface area contributed by atoms with Gasteiger partial charge in [0.05, 0.1) is 11.1 Å². The van der Waals surface area contributed by atoms with Crippen LogP contribution >= 0.6 is 0 Å². The number of nitrogens with one attached hydrogen (secondary N) is 2. The number of para-hydroxylation sites is 2. The maximum atomic E-state index is 11.9. The number of amides is 2. The molecule has 0 aliphatic heterocycles. The van der Waals surface area contributed by atoms with E-state index in [1.54, 1.807) is 0 Å². The van der Waals surface area contributed by atoms with Gasteiger partial charge in [-0.2, -0.15) is 0 Å². The molecule has 0 atom stereocenters. The van der Waals surface area contributed by atoms with Crippen molar-refractivity contribution in [1.29, 1.82) is 0 Å². The van der Waals surface area contributed by atoms with Crippen molar-refractivity contribution in [2.24, 2.45) is 0 Å². The van der Waals surface area contributed by atoms with Crippen LogP contribution in [0.3, 0.4) is 0 Å². The number of unbranched alkanes of at least 4 members (excludes halogenated alkanes) is 3. The summed E-state index contributed by atoms with van der Waals surface area (Å²) in [4.78, 5) is 23.9. The molecule has 2 rings (SSSR count). The first-order valence-electron chi connectivity index (χ1n) is 9.00. The van der Waals surface area contributed by atoms with Gasteiger partial charge in [0.2, 0.25) is 0 Å². The highest BCUT2D eigenvalue weighted by Gasteiger charge is 2.14. The Balaban J connectivity index is 1.60. The van der Waals surface area contributed by atoms with Crippen LogP contribution in [0.15, 0.2) is 36.4 Å². The Kier molecular flexibility index (Phi) is 7.50. The van der Waals surface area contributed by atoms with E-state index in [1.807, 2.05) is 0 Å². The third-order valence-corrected chi connectivity index (χ3v) is 4.19. The summed E-state index contributed by atoms with van der Waals surface area (Å²) in [5.74, 6) is -2.46. The standard InChI is InChI=1S/C20H24N2O6/c23-15-9-5-7-13(17(15)25)19(27)21-11-3-1-2-4-12-22-20(28)14-8-6-10-16(24)18(14)26/h5-10,23-26H,1-4,11-12H2,(H,21,27)(H,22,28). The van der Waals surface area contributed by atoms with E-state index in [0.717, 1.165) is 25.7 Å². The topological polar surface area (TPSA) is 139 Å². The summed E-state index contributed by atoms with van der Waals surface area (Å²) in [6.07, 6.45) is 3.12. The predicted molar refractivity (Wildman–Crippen MR) is 103 cm³/mol. The summed E-state index contributed by atoms with van der Waals surface area (Å²) >= 11 is 0. The summed E-state index contributed by atoms with van der Waals surface area (Å²) in [6, 6.07) is 8.41. The Hall–Kier alpha value is -3.42. The number of carbonyl (C=O) groups is 2. The first-order valence-corrected chi connectivity index (χ1v) is 9.00. The Morgan fingerprint density at radius 1 is 0.643 bits per heavy atom. The second kappa shape index (κ2) is 10.1. The van der Waals surface area contributed by atoms with Crippen molar-refractivity contribution < 1.29 is 30.0 Å². The lowest BCUT2D eigenvalue weighted by Gasteiger charge is -2.09. The fourth-order valence-corrected chi connectivity index (χ4v) is 2.63. The smallest absolute Gasteiger partial charge is 0.255 e. The molecule has 8 nitrogen and oxygen atoms in total. The van der Waals surface area contributed by atoms with Crippen LogP contribution in [-0.4, -0.2) is 45.3 Å². The van der Waals surface area contributed by atoms with Crippen LogP contribution in [0.2, 0.25) is 0 Å². The minimum Gasteiger partial charge on any atom is -0.504 e. The minimum absolute atomic E-state index is 0.0258. The molecule has 2 amide bonds. The predicted octanol–water partition coefficient (Wildman–Crippen LogP) is 2.23. The Morgan fingerprint density at radius 3 is 1.43 bits per heavy atom. The van der Waals surface area contributed by atoms with Crippen molar-refractivity contribution in [3.63, 3.8) is 0 Å². The van der Waals surface area contributed by atoms with Gasteiger partial charge in [-0.05, 0) is 37.1 Å². The first-order chi connectivity index (χ1) is 13.4. The van der Waals surface area contributed by atoms with E-state index in [0.29, 0.717) is 13.1 Å². The molecule has 0 aliphatic carbocycles. The van der Waals surface area contributed by atoms with Crippen LogP contribution in [0.5, 0.6) is 23.0 Å². The number of carbonyl (C=O) groups excluding carboxylic acids is 2. The number of phenols is 4. The molecule has 0 spiro atoms. The average Bonchev–Trinajstić information content (AvgIpc) is 2.67. The Labute approximate surface area is 162 Å². The third kappa shape index (κ3) is 5.54. The molecule has 8 heteroatoms. The summed E-state index contributed by atoms with van der Waals surface area (Å²) in [5, 5.41) is 43.5. The number of hydrogen-bond donors (Lipinski definition) is 6. The molecule has 2 aromatic carbocycles. The van der Waals surface area contributed by atoms with Crippen LogP contribution in [0.1, 0.15) is 46.4 Å². The van der Waals surface area contributed by atoms with E-state index < -0.39 is 23.3 Å². The highest BCUT2D eigenvalue weighted by molar-refractivity contribution is 5.98. The van der Waals surface area contributed by atoms with Gasteiger partial charge in [0.15, 0.2) is 23.0 Å². The molecule has 0 fully saturated rings. The zero-order chi connectivity index (χ0) is 20.5. The Bertz CT molecular complexity index is 768. The van der Waals surface area contributed by atoms with Gasteiger partial charge in [0, 0.05) is 13.1 Å². The molecule has 0 heterocycles. The number of aromatic hydroxyl groups is 4. The van der Waals surface area contributed by atoms with Crippen LogP contribution in [0.25, 0.3) is 0 Å². The molecular formula is C20H24N2O6. The van der Waals surface area contributed by atoms with Gasteiger partial charge in [-0.15, -0.1) is 0 Å². The van der Waals surface area contributed by atoms with Gasteiger partial charge in [-0.3, -0.25) is 9.59 Å². The first kappa shape index (κ1) is 20.9. The molecule has 0 unspecified atom stereocenters. The molecule has 0 aromatic heterocycles. The van der Waals surface area contributed by atoms with Crippen LogP contribution < -0.4 is 10.6 Å². The quantitative estimate of drug-likeness (QED) is 0.288. The zero-order valence-electron chi connectivity index (χ0n) is 15.3. The summed E-state index contributed by atoms with van der Waals surface area (Å²) in [6.45, 7) is 0.856. The van der Waals surface area contributed by atoms with E-state index >= 15 is 0 Å². The SMILES string of the molecule is O=C(NCCCCCCNC(=O)c1cccc(O)c1O)c1cccc(O)c1O. The molecule has 6 N–H and O–H groups in total. The van der Waals surface area contributed by atoms with Gasteiger partial charge in [0.1, 0.15) is 0 Å². The fourth-order valence-electron chi connectivity index (χ4n) is 2.63. The number of benzene rings is 2. The van der Waals surface area contributed by atoms with Crippen molar-refractivity contribution in [3.05, 3.63) is 47.5 Å². The van der Waals surface area contributed by atoms with E-state index in [4.69, 9.17) is 0 Å². The second-order valence-electron chi connectivity index (χ2n) is 6.27. The molecular weight excluding hydrogens is 364 g/mol. The van der Waals surface area contributed by atoms with Crippen molar-refractivity contribution in [1.82, 2.24) is 10.6 Å². The van der Waals surface area contributed by atoms with E-state index in [2.05, 4.69) is 10.6 Å². The molecule has 0 saturated carbocycles. The van der Waals surface area contributed by atoms with Gasteiger partial charge in [0.25, 0.3) is 11.8 Å². The van der Waals surface area contributed by atoms with Gasteiger partial charge >= 0.3 is 0 Å². The van der Waals surface area contributed by atoms with Crippen molar-refractivity contribution in [2.45, 2.75) is 25.7 Å². The molecule has 0 bridgehead atoms. The van der Waals surface area contributed by atoms with Gasteiger partial charge in [-0.25, -0.2) is 0 Å². The lowest BCUT2D eigenvalue weighted by Crippen LogP contribution is -2.25. The summed E-state index contributed by atoms with van der Waals surface area (Å²) in [5.41, 5.74) is 0.0517. The number of rotatable bonds is 9. The summed E-state index contributed by atoms with van der Waals surface area (Å²) in [7, 11) is 0. The fraction of sp³-hybridized carbons (Fsp3) is 0.300. The van der Waals surface area contributed by atoms with Gasteiger partial charge in [-0.1, -0.05) is 25.0 Å². The van der Waals surface area contributed by atoms with Crippen molar-refractivity contribution in [2.75, 3.05) is 13.1 Å². The van der Waals surface area contributed by atoms with E-state index in [1.165, 1.54) is 36.4 Å². The molecule has 0 aliphatic rings. The summed E-state index contributed by atoms with van der Waals surface area (Å²) < 4.78 is 0. The molecule has 2 aromatic rings. The second-order valence-corrected chi connectivity index (χ2v) is 6.27. The van der Waals surface area contributed by atoms with Crippen molar-refractivity contribution >= 4 is 11.8 Å². The van der Waals surface area contributed by atoms with E-state index in [-0.39, 0.29) is 22.6 Å². The van der Waals surface area contributed by atoms with E-state index in [9.17, 15) is 30.0 Å². The molecule has 0 radical (unpaired) electrons. The monoisotopic (exact) mass is 388 g/mol. The van der Waals surface area contributed by atoms with Gasteiger partial charge < -0.3 is 31.1 Å². The number of phenolic OH excluding ortho intramolecular Hbond substituents is 4. The average molecular weight is 388 g/mol. The maximum absolute atomic E-state index is 11.9. The third-order valence-electron chi connectivity index (χ3n) is 4.19. The largest absolute Gasteiger partial charge is 0.504 e. The number of hydrogen-bond acceptors (Lipinski definition) is 6. The highest BCUT2D eigenvalue weighted by atomic mass is 16.3. The molecule has 150 valence electrons. The molecule has 28 heavy (non-hydrogen) atoms. The normalized spacial score (nSPS) is 10.4. The van der Waals surface area contributed by atoms with Crippen LogP contribution in [-0.2, 0) is 0 Å². The minimum atomic E-state index is -0.452. The Morgan fingerprint density at radius 2 is 1.04 bits per heavy atom. The lowest BCUT2D eigenvalue weighted by atomic mass is 10.1.